The van der Waals surface area contributed by atoms with Crippen molar-refractivity contribution in [2.45, 2.75) is 89.6 Å². The molecule has 0 aliphatic carbocycles. The van der Waals surface area contributed by atoms with Gasteiger partial charge in [-0.25, -0.2) is 23.1 Å². The van der Waals surface area contributed by atoms with Gasteiger partial charge in [-0.3, -0.25) is 24.5 Å². The van der Waals surface area contributed by atoms with Crippen molar-refractivity contribution >= 4 is 52.0 Å². The minimum Gasteiger partial charge on any atom is -0.494 e. The van der Waals surface area contributed by atoms with E-state index < -0.39 is 29.4 Å². The van der Waals surface area contributed by atoms with Gasteiger partial charge in [-0.1, -0.05) is 37.8 Å². The minimum atomic E-state index is -0.746. The summed E-state index contributed by atoms with van der Waals surface area (Å²) in [6, 6.07) is 7.90. The molecule has 62 heavy (non-hydrogen) atoms. The minimum absolute atomic E-state index is 0.0193. The third kappa shape index (κ3) is 9.10. The van der Waals surface area contributed by atoms with Crippen LogP contribution >= 0.6 is 11.6 Å². The van der Waals surface area contributed by atoms with Crippen LogP contribution in [0.1, 0.15) is 98.5 Å². The molecule has 5 heterocycles. The molecule has 1 atom stereocenters. The molecule has 1 unspecified atom stereocenters. The fourth-order valence-corrected chi connectivity index (χ4v) is 9.73. The first kappa shape index (κ1) is 43.4. The van der Waals surface area contributed by atoms with Crippen LogP contribution in [0.25, 0.3) is 22.0 Å². The molecule has 4 aliphatic rings. The van der Waals surface area contributed by atoms with Gasteiger partial charge >= 0.3 is 0 Å². The van der Waals surface area contributed by atoms with Crippen molar-refractivity contribution < 1.29 is 37.1 Å². The van der Waals surface area contributed by atoms with E-state index in [0.29, 0.717) is 61.7 Å². The van der Waals surface area contributed by atoms with Gasteiger partial charge < -0.3 is 24.3 Å². The molecule has 4 aromatic rings. The summed E-state index contributed by atoms with van der Waals surface area (Å²) >= 11 is 6.67. The van der Waals surface area contributed by atoms with Gasteiger partial charge in [0.15, 0.2) is 5.82 Å². The Balaban J connectivity index is 0.781. The second kappa shape index (κ2) is 19.0. The zero-order chi connectivity index (χ0) is 43.5. The molecule has 3 saturated heterocycles. The van der Waals surface area contributed by atoms with Crippen LogP contribution in [0.5, 0.6) is 5.75 Å². The lowest BCUT2D eigenvalue weighted by Gasteiger charge is -2.35. The Kier molecular flexibility index (Phi) is 13.3. The summed E-state index contributed by atoms with van der Waals surface area (Å²) in [4.78, 5) is 66.0. The second-order valence-corrected chi connectivity index (χ2v) is 17.1. The maximum absolute atomic E-state index is 16.2. The lowest BCUT2D eigenvalue weighted by Crippen LogP contribution is -2.52. The predicted octanol–water partition coefficient (Wildman–Crippen LogP) is 7.40. The first-order chi connectivity index (χ1) is 30.0. The number of unbranched alkanes of at least 4 members (excludes halogenated alkanes) is 4. The fraction of sp³-hybridized carbons (Fsp3) is 0.478. The molecule has 0 radical (unpaired) electrons. The van der Waals surface area contributed by atoms with Crippen LogP contribution in [-0.2, 0) is 20.9 Å². The number of carbonyl (C=O) groups is 4. The number of halogens is 4. The summed E-state index contributed by atoms with van der Waals surface area (Å²) in [5, 5.41) is 2.76. The van der Waals surface area contributed by atoms with Crippen LogP contribution in [0.3, 0.4) is 0 Å². The van der Waals surface area contributed by atoms with E-state index in [2.05, 4.69) is 20.2 Å². The SMILES string of the molecule is CCC(=O)N1CCN(c2ncnc3c(F)c(-c4cc(OCCCCCCCN5CCC(c6cc(F)cc7c6CN(C6CCC(=O)NC6=O)C7=O)CC5)ccc4F)c(Cl)cc23)CC1. The molecule has 3 aromatic carbocycles. The van der Waals surface area contributed by atoms with E-state index in [9.17, 15) is 23.6 Å². The smallest absolute Gasteiger partial charge is 0.255 e. The Hall–Kier alpha value is -5.28. The van der Waals surface area contributed by atoms with E-state index >= 15 is 8.78 Å². The van der Waals surface area contributed by atoms with E-state index in [1.165, 1.54) is 35.5 Å². The molecule has 16 heteroatoms. The molecular formula is C46H51ClF3N7O5. The Morgan fingerprint density at radius 2 is 1.65 bits per heavy atom. The molecule has 0 spiro atoms. The van der Waals surface area contributed by atoms with E-state index in [-0.39, 0.29) is 64.7 Å². The zero-order valence-electron chi connectivity index (χ0n) is 34.9. The van der Waals surface area contributed by atoms with E-state index in [1.54, 1.807) is 17.0 Å². The quantitative estimate of drug-likeness (QED) is 0.102. The van der Waals surface area contributed by atoms with Gasteiger partial charge in [0.05, 0.1) is 11.6 Å². The highest BCUT2D eigenvalue weighted by atomic mass is 35.5. The average Bonchev–Trinajstić information content (AvgIpc) is 3.59. The van der Waals surface area contributed by atoms with Gasteiger partial charge in [-0.15, -0.1) is 0 Å². The molecule has 0 bridgehead atoms. The number of aromatic nitrogens is 2. The standard InChI is InChI=1S/C46H51ClF3N7O5/c1-2-40(59)55-17-19-56(20-18-55)44-34-25-36(47)41(42(50)43(34)51-27-52-44)33-24-30(8-9-37(33)49)62-21-7-5-3-4-6-14-54-15-12-28(13-16-54)31-22-29(48)23-32-35(31)26-57(46(32)61)38-10-11-39(58)53-45(38)60/h8-9,22-25,27-28,38H,2-7,10-21,26H2,1H3,(H,53,58,60). The lowest BCUT2D eigenvalue weighted by atomic mass is 9.85. The van der Waals surface area contributed by atoms with Gasteiger partial charge in [0.1, 0.15) is 41.1 Å². The van der Waals surface area contributed by atoms with Crippen molar-refractivity contribution in [2.24, 2.45) is 0 Å². The molecule has 8 rings (SSSR count). The Labute approximate surface area is 363 Å². The van der Waals surface area contributed by atoms with Gasteiger partial charge in [0.25, 0.3) is 5.91 Å². The Bertz CT molecular complexity index is 2370. The number of amides is 4. The Morgan fingerprint density at radius 1 is 0.887 bits per heavy atom. The third-order valence-electron chi connectivity index (χ3n) is 12.8. The third-order valence-corrected chi connectivity index (χ3v) is 13.1. The van der Waals surface area contributed by atoms with Gasteiger partial charge in [-0.2, -0.15) is 0 Å². The zero-order valence-corrected chi connectivity index (χ0v) is 35.6. The number of nitrogens with zero attached hydrogens (tertiary/aromatic N) is 6. The van der Waals surface area contributed by atoms with Crippen LogP contribution < -0.4 is 15.0 Å². The van der Waals surface area contributed by atoms with Crippen molar-refractivity contribution in [3.8, 4) is 16.9 Å². The number of piperazine rings is 1. The number of benzene rings is 3. The number of fused-ring (bicyclic) bond motifs is 2. The highest BCUT2D eigenvalue weighted by Crippen LogP contribution is 2.41. The largest absolute Gasteiger partial charge is 0.494 e. The summed E-state index contributed by atoms with van der Waals surface area (Å²) in [7, 11) is 0. The van der Waals surface area contributed by atoms with Crippen molar-refractivity contribution in [1.82, 2.24) is 30.0 Å². The summed E-state index contributed by atoms with van der Waals surface area (Å²) < 4.78 is 52.3. The normalized spacial score (nSPS) is 18.8. The number of carbonyl (C=O) groups excluding carboxylic acids is 4. The molecule has 1 N–H and O–H groups in total. The maximum Gasteiger partial charge on any atom is 0.255 e. The summed E-state index contributed by atoms with van der Waals surface area (Å²) in [6.07, 6.45) is 8.72. The lowest BCUT2D eigenvalue weighted by molar-refractivity contribution is -0.137. The number of hydrogen-bond donors (Lipinski definition) is 1. The highest BCUT2D eigenvalue weighted by molar-refractivity contribution is 6.34. The molecular weight excluding hydrogens is 823 g/mol. The van der Waals surface area contributed by atoms with Crippen molar-refractivity contribution in [3.05, 3.63) is 81.9 Å². The predicted molar refractivity (Wildman–Crippen MR) is 228 cm³/mol. The highest BCUT2D eigenvalue weighted by Gasteiger charge is 2.41. The summed E-state index contributed by atoms with van der Waals surface area (Å²) in [6.45, 7) is 7.31. The Morgan fingerprint density at radius 3 is 2.40 bits per heavy atom. The fourth-order valence-electron chi connectivity index (χ4n) is 9.43. The molecule has 1 aromatic heterocycles. The van der Waals surface area contributed by atoms with Crippen LogP contribution in [0.4, 0.5) is 19.0 Å². The number of rotatable bonds is 14. The van der Waals surface area contributed by atoms with Gasteiger partial charge in [-0.05, 0) is 105 Å². The maximum atomic E-state index is 16.2. The average molecular weight is 874 g/mol. The van der Waals surface area contributed by atoms with Crippen molar-refractivity contribution in [2.75, 3.05) is 57.3 Å². The van der Waals surface area contributed by atoms with Gasteiger partial charge in [0.2, 0.25) is 17.7 Å². The number of anilines is 1. The molecule has 4 aliphatic heterocycles. The number of nitrogens with one attached hydrogen (secondary N) is 1. The van der Waals surface area contributed by atoms with Crippen LogP contribution in [-0.4, -0.2) is 107 Å². The van der Waals surface area contributed by atoms with Crippen LogP contribution in [0, 0.1) is 17.5 Å². The number of hydrogen-bond acceptors (Lipinski definition) is 9. The number of imide groups is 1. The van der Waals surface area contributed by atoms with Crippen LogP contribution in [0.15, 0.2) is 42.7 Å². The molecule has 4 amide bonds. The monoisotopic (exact) mass is 873 g/mol. The number of piperidine rings is 2. The first-order valence-electron chi connectivity index (χ1n) is 21.8. The van der Waals surface area contributed by atoms with E-state index in [4.69, 9.17) is 16.3 Å². The topological polar surface area (TPSA) is 128 Å². The molecule has 3 fully saturated rings. The first-order valence-corrected chi connectivity index (χ1v) is 22.2. The van der Waals surface area contributed by atoms with Crippen LogP contribution in [0.2, 0.25) is 5.02 Å². The summed E-state index contributed by atoms with van der Waals surface area (Å²) in [5.41, 5.74) is 1.88. The summed E-state index contributed by atoms with van der Waals surface area (Å²) in [5.74, 6) is -1.89. The van der Waals surface area contributed by atoms with Crippen molar-refractivity contribution in [3.63, 3.8) is 0 Å². The van der Waals surface area contributed by atoms with Gasteiger partial charge in [0, 0.05) is 67.6 Å². The number of likely N-dealkylation sites (tertiary alicyclic amines) is 1. The molecule has 328 valence electrons. The van der Waals surface area contributed by atoms with E-state index in [1.807, 2.05) is 11.8 Å². The van der Waals surface area contributed by atoms with E-state index in [0.717, 1.165) is 75.7 Å². The second-order valence-electron chi connectivity index (χ2n) is 16.7. The molecule has 12 nitrogen and oxygen atoms in total. The molecule has 0 saturated carbocycles. The van der Waals surface area contributed by atoms with Crippen molar-refractivity contribution in [1.29, 1.82) is 0 Å². The number of ether oxygens (including phenoxy) is 1.